The van der Waals surface area contributed by atoms with Gasteiger partial charge in [-0.2, -0.15) is 10.2 Å². The van der Waals surface area contributed by atoms with E-state index in [0.717, 1.165) is 5.69 Å². The molecule has 1 atom stereocenters. The van der Waals surface area contributed by atoms with Crippen molar-refractivity contribution in [3.8, 4) is 0 Å². The van der Waals surface area contributed by atoms with E-state index in [2.05, 4.69) is 25.6 Å². The number of hydrogen-bond donors (Lipinski definition) is 2. The van der Waals surface area contributed by atoms with E-state index < -0.39 is 12.0 Å². The predicted molar refractivity (Wildman–Crippen MR) is 63.4 cm³/mol. The van der Waals surface area contributed by atoms with Crippen LogP contribution in [0.25, 0.3) is 0 Å². The first kappa shape index (κ1) is 14.0. The summed E-state index contributed by atoms with van der Waals surface area (Å²) in [5.74, 6) is -0.774. The number of hydrogen-bond acceptors (Lipinski definition) is 6. The van der Waals surface area contributed by atoms with E-state index >= 15 is 0 Å². The first-order valence-electron chi connectivity index (χ1n) is 5.45. The lowest BCUT2D eigenvalue weighted by atomic mass is 10.3. The number of ether oxygens (including phenoxy) is 1. The first-order valence-corrected chi connectivity index (χ1v) is 5.45. The molecule has 0 saturated heterocycles. The Morgan fingerprint density at radius 1 is 1.50 bits per heavy atom. The summed E-state index contributed by atoms with van der Waals surface area (Å²) in [6.07, 6.45) is 1.58. The van der Waals surface area contributed by atoms with Gasteiger partial charge in [0.05, 0.1) is 12.8 Å². The largest absolute Gasteiger partial charge is 0.467 e. The van der Waals surface area contributed by atoms with Crippen LogP contribution in [0, 0.1) is 0 Å². The number of rotatable bonds is 6. The van der Waals surface area contributed by atoms with Crippen LogP contribution >= 0.6 is 0 Å². The summed E-state index contributed by atoms with van der Waals surface area (Å²) in [6, 6.07) is 2.88. The summed E-state index contributed by atoms with van der Waals surface area (Å²) in [5, 5.41) is 13.1. The molecule has 7 nitrogen and oxygen atoms in total. The molecule has 1 aromatic rings. The first-order chi connectivity index (χ1) is 8.63. The summed E-state index contributed by atoms with van der Waals surface area (Å²) in [5.41, 5.74) is 0.754. The van der Waals surface area contributed by atoms with E-state index in [4.69, 9.17) is 0 Å². The Labute approximate surface area is 105 Å². The average Bonchev–Trinajstić information content (AvgIpc) is 2.37. The maximum Gasteiger partial charge on any atom is 0.329 e. The maximum absolute atomic E-state index is 11.4. The number of aromatic nitrogens is 2. The minimum Gasteiger partial charge on any atom is -0.467 e. The molecule has 1 heterocycles. The third kappa shape index (κ3) is 4.88. The highest BCUT2D eigenvalue weighted by Crippen LogP contribution is 1.92. The van der Waals surface area contributed by atoms with Gasteiger partial charge in [0.2, 0.25) is 5.91 Å². The number of carbonyl (C=O) groups is 2. The Kier molecular flexibility index (Phi) is 5.72. The molecule has 0 bridgehead atoms. The molecule has 18 heavy (non-hydrogen) atoms. The zero-order valence-electron chi connectivity index (χ0n) is 10.3. The Morgan fingerprint density at radius 2 is 2.28 bits per heavy atom. The maximum atomic E-state index is 11.4. The normalized spacial score (nSPS) is 11.7. The van der Waals surface area contributed by atoms with Crippen molar-refractivity contribution >= 4 is 11.9 Å². The molecule has 1 rings (SSSR count). The SMILES string of the molecule is COC(=O)C(CNCc1cccnn1)NC(C)=O. The van der Waals surface area contributed by atoms with E-state index in [-0.39, 0.29) is 12.5 Å². The molecule has 2 N–H and O–H groups in total. The molecular weight excluding hydrogens is 236 g/mol. The number of carbonyl (C=O) groups excluding carboxylic acids is 2. The molecule has 0 radical (unpaired) electrons. The monoisotopic (exact) mass is 252 g/mol. The van der Waals surface area contributed by atoms with Gasteiger partial charge in [0.1, 0.15) is 6.04 Å². The predicted octanol–water partition coefficient (Wildman–Crippen LogP) is -0.756. The van der Waals surface area contributed by atoms with Gasteiger partial charge in [-0.3, -0.25) is 4.79 Å². The molecule has 1 amide bonds. The third-order valence-corrected chi connectivity index (χ3v) is 2.15. The van der Waals surface area contributed by atoms with Gasteiger partial charge >= 0.3 is 5.97 Å². The standard InChI is InChI=1S/C11H16N4O3/c1-8(16)14-10(11(17)18-2)7-12-6-9-4-3-5-13-15-9/h3-5,10,12H,6-7H2,1-2H3,(H,14,16). The Bertz CT molecular complexity index is 397. The van der Waals surface area contributed by atoms with Crippen molar-refractivity contribution in [2.45, 2.75) is 19.5 Å². The van der Waals surface area contributed by atoms with Crippen molar-refractivity contribution < 1.29 is 14.3 Å². The highest BCUT2D eigenvalue weighted by molar-refractivity contribution is 5.83. The van der Waals surface area contributed by atoms with Crippen molar-refractivity contribution in [3.63, 3.8) is 0 Å². The second kappa shape index (κ2) is 7.33. The molecule has 0 fully saturated rings. The summed E-state index contributed by atoms with van der Waals surface area (Å²) in [7, 11) is 1.28. The van der Waals surface area contributed by atoms with Crippen molar-refractivity contribution in [3.05, 3.63) is 24.0 Å². The van der Waals surface area contributed by atoms with Gasteiger partial charge in [-0.05, 0) is 12.1 Å². The van der Waals surface area contributed by atoms with Crippen LogP contribution in [-0.2, 0) is 20.9 Å². The zero-order valence-corrected chi connectivity index (χ0v) is 10.3. The van der Waals surface area contributed by atoms with E-state index in [1.54, 1.807) is 12.3 Å². The fraction of sp³-hybridized carbons (Fsp3) is 0.455. The average molecular weight is 252 g/mol. The van der Waals surface area contributed by atoms with Crippen molar-refractivity contribution in [2.75, 3.05) is 13.7 Å². The molecule has 1 aromatic heterocycles. The summed E-state index contributed by atoms with van der Waals surface area (Å²) >= 11 is 0. The van der Waals surface area contributed by atoms with Gasteiger partial charge < -0.3 is 15.4 Å². The van der Waals surface area contributed by atoms with Crippen LogP contribution in [0.4, 0.5) is 0 Å². The molecule has 0 aliphatic carbocycles. The van der Waals surface area contributed by atoms with E-state index in [1.807, 2.05) is 6.07 Å². The lowest BCUT2D eigenvalue weighted by molar-refractivity contribution is -0.144. The fourth-order valence-corrected chi connectivity index (χ4v) is 1.35. The van der Waals surface area contributed by atoms with Crippen LogP contribution in [0.5, 0.6) is 0 Å². The fourth-order valence-electron chi connectivity index (χ4n) is 1.35. The quantitative estimate of drug-likeness (QED) is 0.647. The topological polar surface area (TPSA) is 93.2 Å². The number of esters is 1. The number of nitrogens with one attached hydrogen (secondary N) is 2. The number of nitrogens with zero attached hydrogens (tertiary/aromatic N) is 2. The highest BCUT2D eigenvalue weighted by Gasteiger charge is 2.19. The van der Waals surface area contributed by atoms with Crippen molar-refractivity contribution in [2.24, 2.45) is 0 Å². The van der Waals surface area contributed by atoms with E-state index in [0.29, 0.717) is 6.54 Å². The third-order valence-electron chi connectivity index (χ3n) is 2.15. The lowest BCUT2D eigenvalue weighted by Gasteiger charge is -2.15. The van der Waals surface area contributed by atoms with Crippen LogP contribution in [0.15, 0.2) is 18.3 Å². The number of methoxy groups -OCH3 is 1. The van der Waals surface area contributed by atoms with Gasteiger partial charge in [0, 0.05) is 26.2 Å². The van der Waals surface area contributed by atoms with Crippen LogP contribution in [0.1, 0.15) is 12.6 Å². The van der Waals surface area contributed by atoms with Crippen LogP contribution < -0.4 is 10.6 Å². The van der Waals surface area contributed by atoms with Crippen molar-refractivity contribution in [1.29, 1.82) is 0 Å². The molecule has 7 heteroatoms. The minimum atomic E-state index is -0.704. The van der Waals surface area contributed by atoms with E-state index in [9.17, 15) is 9.59 Å². The van der Waals surface area contributed by atoms with Crippen LogP contribution in [0.3, 0.4) is 0 Å². The molecule has 0 spiro atoms. The zero-order chi connectivity index (χ0) is 13.4. The number of amides is 1. The Balaban J connectivity index is 2.42. The summed E-state index contributed by atoms with van der Waals surface area (Å²) in [6.45, 7) is 2.07. The van der Waals surface area contributed by atoms with Gasteiger partial charge in [-0.15, -0.1) is 0 Å². The molecular formula is C11H16N4O3. The van der Waals surface area contributed by atoms with E-state index in [1.165, 1.54) is 14.0 Å². The van der Waals surface area contributed by atoms with Gasteiger partial charge in [-0.25, -0.2) is 4.79 Å². The van der Waals surface area contributed by atoms with Gasteiger partial charge in [0.15, 0.2) is 0 Å². The molecule has 0 saturated carbocycles. The highest BCUT2D eigenvalue weighted by atomic mass is 16.5. The molecule has 1 unspecified atom stereocenters. The lowest BCUT2D eigenvalue weighted by Crippen LogP contribution is -2.47. The molecule has 98 valence electrons. The molecule has 0 aliphatic heterocycles. The van der Waals surface area contributed by atoms with Gasteiger partial charge in [0.25, 0.3) is 0 Å². The summed E-state index contributed by atoms with van der Waals surface area (Å²) in [4.78, 5) is 22.3. The smallest absolute Gasteiger partial charge is 0.329 e. The molecule has 0 aliphatic rings. The van der Waals surface area contributed by atoms with Crippen LogP contribution in [0.2, 0.25) is 0 Å². The second-order valence-electron chi connectivity index (χ2n) is 3.62. The van der Waals surface area contributed by atoms with Crippen molar-refractivity contribution in [1.82, 2.24) is 20.8 Å². The Hall–Kier alpha value is -2.02. The Morgan fingerprint density at radius 3 is 2.83 bits per heavy atom. The minimum absolute atomic E-state index is 0.267. The summed E-state index contributed by atoms with van der Waals surface area (Å²) < 4.78 is 4.59. The van der Waals surface area contributed by atoms with Crippen LogP contribution in [-0.4, -0.2) is 41.8 Å². The molecule has 0 aromatic carbocycles. The second-order valence-corrected chi connectivity index (χ2v) is 3.62. The van der Waals surface area contributed by atoms with Gasteiger partial charge in [-0.1, -0.05) is 0 Å².